The molecule has 4 heteroatoms. The zero-order chi connectivity index (χ0) is 14.0. The average Bonchev–Trinajstić information content (AvgIpc) is 2.37. The van der Waals surface area contributed by atoms with Crippen LogP contribution in [-0.2, 0) is 0 Å². The topological polar surface area (TPSA) is 50.2 Å². The van der Waals surface area contributed by atoms with E-state index in [1.54, 1.807) is 23.9 Å². The molecule has 0 spiro atoms. The van der Waals surface area contributed by atoms with E-state index in [4.69, 9.17) is 0 Å². The predicted molar refractivity (Wildman–Crippen MR) is 78.9 cm³/mol. The Hall–Kier alpha value is -1.55. The van der Waals surface area contributed by atoms with Crippen LogP contribution in [0.4, 0.5) is 0 Å². The van der Waals surface area contributed by atoms with Crippen molar-refractivity contribution in [2.75, 3.05) is 0 Å². The summed E-state index contributed by atoms with van der Waals surface area (Å²) < 4.78 is 0. The smallest absolute Gasteiger partial charge is 0.336 e. The van der Waals surface area contributed by atoms with Crippen LogP contribution in [0.25, 0.3) is 10.9 Å². The maximum Gasteiger partial charge on any atom is 0.336 e. The highest BCUT2D eigenvalue weighted by molar-refractivity contribution is 7.99. The van der Waals surface area contributed by atoms with Crippen molar-refractivity contribution in [3.8, 4) is 0 Å². The summed E-state index contributed by atoms with van der Waals surface area (Å²) in [5.74, 6) is -0.385. The lowest BCUT2D eigenvalue weighted by atomic mass is 10.1. The molecule has 1 N–H and O–H groups in total. The second-order valence-corrected chi connectivity index (χ2v) is 6.29. The van der Waals surface area contributed by atoms with Gasteiger partial charge in [-0.05, 0) is 18.1 Å². The van der Waals surface area contributed by atoms with Gasteiger partial charge in [0.15, 0.2) is 0 Å². The van der Waals surface area contributed by atoms with Crippen molar-refractivity contribution in [3.63, 3.8) is 0 Å². The van der Waals surface area contributed by atoms with Crippen LogP contribution in [0, 0.1) is 5.92 Å². The number of aromatic carboxylic acids is 1. The van der Waals surface area contributed by atoms with Crippen LogP contribution in [0.2, 0.25) is 0 Å². The molecule has 0 fully saturated rings. The summed E-state index contributed by atoms with van der Waals surface area (Å²) in [6.07, 6.45) is 0. The van der Waals surface area contributed by atoms with Crippen LogP contribution in [0.3, 0.4) is 0 Å². The molecule has 1 aromatic carbocycles. The van der Waals surface area contributed by atoms with E-state index in [-0.39, 0.29) is 0 Å². The number of hydrogen-bond donors (Lipinski definition) is 1. The molecular formula is C15H17NO2S. The van der Waals surface area contributed by atoms with Gasteiger partial charge in [0, 0.05) is 10.6 Å². The third-order valence-corrected chi connectivity index (χ3v) is 4.54. The first-order valence-electron chi connectivity index (χ1n) is 6.28. The zero-order valence-electron chi connectivity index (χ0n) is 11.3. The highest BCUT2D eigenvalue weighted by Crippen LogP contribution is 2.29. The third-order valence-electron chi connectivity index (χ3n) is 3.17. The molecule has 0 aliphatic rings. The Kier molecular flexibility index (Phi) is 4.10. The number of hydrogen-bond acceptors (Lipinski definition) is 3. The Labute approximate surface area is 117 Å². The molecule has 1 atom stereocenters. The molecule has 0 saturated carbocycles. The van der Waals surface area contributed by atoms with E-state index < -0.39 is 5.97 Å². The summed E-state index contributed by atoms with van der Waals surface area (Å²) in [6.45, 7) is 6.43. The van der Waals surface area contributed by atoms with Gasteiger partial charge in [-0.1, -0.05) is 39.0 Å². The van der Waals surface area contributed by atoms with Gasteiger partial charge in [-0.3, -0.25) is 0 Å². The lowest BCUT2D eigenvalue weighted by molar-refractivity contribution is 0.0698. The van der Waals surface area contributed by atoms with E-state index in [0.29, 0.717) is 22.1 Å². The molecule has 0 aliphatic carbocycles. The summed E-state index contributed by atoms with van der Waals surface area (Å²) >= 11 is 1.62. The van der Waals surface area contributed by atoms with E-state index >= 15 is 0 Å². The number of carbonyl (C=O) groups is 1. The normalized spacial score (nSPS) is 12.8. The first kappa shape index (κ1) is 13.9. The Morgan fingerprint density at radius 3 is 2.58 bits per heavy atom. The van der Waals surface area contributed by atoms with E-state index in [1.165, 1.54) is 0 Å². The molecule has 1 aromatic heterocycles. The first-order chi connectivity index (χ1) is 8.99. The van der Waals surface area contributed by atoms with Gasteiger partial charge in [0.1, 0.15) is 0 Å². The Balaban J connectivity index is 2.49. The fourth-order valence-corrected chi connectivity index (χ4v) is 2.70. The largest absolute Gasteiger partial charge is 0.478 e. The lowest BCUT2D eigenvalue weighted by Gasteiger charge is -2.15. The number of rotatable bonds is 4. The van der Waals surface area contributed by atoms with Gasteiger partial charge in [-0.15, -0.1) is 11.8 Å². The summed E-state index contributed by atoms with van der Waals surface area (Å²) in [7, 11) is 0. The van der Waals surface area contributed by atoms with Crippen LogP contribution in [0.15, 0.2) is 35.4 Å². The van der Waals surface area contributed by atoms with Gasteiger partial charge in [0.25, 0.3) is 0 Å². The second-order valence-electron chi connectivity index (χ2n) is 4.90. The number of carboxylic acid groups (broad SMARTS) is 1. The average molecular weight is 275 g/mol. The summed E-state index contributed by atoms with van der Waals surface area (Å²) in [6, 6.07) is 9.04. The predicted octanol–water partition coefficient (Wildman–Crippen LogP) is 4.07. The minimum atomic E-state index is -0.905. The van der Waals surface area contributed by atoms with Crippen molar-refractivity contribution in [3.05, 3.63) is 35.9 Å². The first-order valence-corrected chi connectivity index (χ1v) is 7.16. The second kappa shape index (κ2) is 5.61. The van der Waals surface area contributed by atoms with Gasteiger partial charge >= 0.3 is 5.97 Å². The van der Waals surface area contributed by atoms with Gasteiger partial charge in [-0.25, -0.2) is 9.78 Å². The molecule has 3 nitrogen and oxygen atoms in total. The number of thioether (sulfide) groups is 1. The van der Waals surface area contributed by atoms with Gasteiger partial charge in [0.2, 0.25) is 0 Å². The molecule has 1 unspecified atom stereocenters. The quantitative estimate of drug-likeness (QED) is 0.854. The van der Waals surface area contributed by atoms with Gasteiger partial charge in [0.05, 0.1) is 16.1 Å². The molecule has 100 valence electrons. The summed E-state index contributed by atoms with van der Waals surface area (Å²) in [5.41, 5.74) is 1.06. The molecule has 0 saturated heterocycles. The molecule has 0 bridgehead atoms. The molecular weight excluding hydrogens is 258 g/mol. The van der Waals surface area contributed by atoms with Crippen molar-refractivity contribution in [1.29, 1.82) is 0 Å². The molecule has 0 aliphatic heterocycles. The van der Waals surface area contributed by atoms with Crippen molar-refractivity contribution >= 4 is 28.6 Å². The standard InChI is InChI=1S/C15H17NO2S/c1-9(2)10(3)19-14-8-12(15(17)18)11-6-4-5-7-13(11)16-14/h4-10H,1-3H3,(H,17,18). The number of fused-ring (bicyclic) bond motifs is 1. The monoisotopic (exact) mass is 275 g/mol. The number of pyridine rings is 1. The molecule has 0 amide bonds. The number of benzene rings is 1. The van der Waals surface area contributed by atoms with E-state index in [0.717, 1.165) is 10.5 Å². The van der Waals surface area contributed by atoms with Crippen molar-refractivity contribution in [1.82, 2.24) is 4.98 Å². The van der Waals surface area contributed by atoms with Crippen molar-refractivity contribution in [2.24, 2.45) is 5.92 Å². The minimum Gasteiger partial charge on any atom is -0.478 e. The van der Waals surface area contributed by atoms with Crippen LogP contribution in [0.5, 0.6) is 0 Å². The number of aromatic nitrogens is 1. The molecule has 0 radical (unpaired) electrons. The van der Waals surface area contributed by atoms with Crippen LogP contribution >= 0.6 is 11.8 Å². The molecule has 2 rings (SSSR count). The van der Waals surface area contributed by atoms with Crippen LogP contribution < -0.4 is 0 Å². The maximum absolute atomic E-state index is 11.3. The van der Waals surface area contributed by atoms with Gasteiger partial charge < -0.3 is 5.11 Å². The number of para-hydroxylation sites is 1. The number of carboxylic acids is 1. The highest BCUT2D eigenvalue weighted by Gasteiger charge is 2.15. The fraction of sp³-hybridized carbons (Fsp3) is 0.333. The Morgan fingerprint density at radius 2 is 1.95 bits per heavy atom. The van der Waals surface area contributed by atoms with E-state index in [1.807, 2.05) is 18.2 Å². The van der Waals surface area contributed by atoms with Crippen molar-refractivity contribution < 1.29 is 9.90 Å². The fourth-order valence-electron chi connectivity index (χ4n) is 1.71. The Bertz CT molecular complexity index is 610. The summed E-state index contributed by atoms with van der Waals surface area (Å²) in [4.78, 5) is 15.9. The van der Waals surface area contributed by atoms with E-state index in [9.17, 15) is 9.90 Å². The Morgan fingerprint density at radius 1 is 1.26 bits per heavy atom. The minimum absolute atomic E-state index is 0.323. The van der Waals surface area contributed by atoms with Crippen LogP contribution in [0.1, 0.15) is 31.1 Å². The highest BCUT2D eigenvalue weighted by atomic mass is 32.2. The zero-order valence-corrected chi connectivity index (χ0v) is 12.1. The molecule has 19 heavy (non-hydrogen) atoms. The van der Waals surface area contributed by atoms with Crippen LogP contribution in [-0.4, -0.2) is 21.3 Å². The van der Waals surface area contributed by atoms with Crippen molar-refractivity contribution in [2.45, 2.75) is 31.0 Å². The SMILES string of the molecule is CC(C)C(C)Sc1cc(C(=O)O)c2ccccc2n1. The lowest BCUT2D eigenvalue weighted by Crippen LogP contribution is -2.07. The van der Waals surface area contributed by atoms with E-state index in [2.05, 4.69) is 25.8 Å². The third kappa shape index (κ3) is 3.07. The maximum atomic E-state index is 11.3. The molecule has 1 heterocycles. The summed E-state index contributed by atoms with van der Waals surface area (Å²) in [5, 5.41) is 11.2. The van der Waals surface area contributed by atoms with Gasteiger partial charge in [-0.2, -0.15) is 0 Å². The molecule has 2 aromatic rings. The number of nitrogens with zero attached hydrogens (tertiary/aromatic N) is 1.